The van der Waals surface area contributed by atoms with Crippen LogP contribution in [-0.2, 0) is 6.61 Å². The molecule has 3 aliphatic rings. The lowest BCUT2D eigenvalue weighted by atomic mass is 9.86. The third-order valence-electron chi connectivity index (χ3n) is 6.59. The summed E-state index contributed by atoms with van der Waals surface area (Å²) in [6, 6.07) is 9.41. The van der Waals surface area contributed by atoms with Gasteiger partial charge in [0.25, 0.3) is 0 Å². The fourth-order valence-corrected chi connectivity index (χ4v) is 4.81. The molecule has 4 heterocycles. The SMILES string of the molecule is COc1cc(-c2n[nH]c3c2N2CCC3CC2)cc([N+](=O)[O-])c1OCc1cc(C)ccc1C. The zero-order valence-corrected chi connectivity index (χ0v) is 18.5. The summed E-state index contributed by atoms with van der Waals surface area (Å²) in [7, 11) is 1.50. The van der Waals surface area contributed by atoms with Crippen molar-refractivity contribution >= 4 is 11.4 Å². The first-order valence-corrected chi connectivity index (χ1v) is 10.8. The fourth-order valence-electron chi connectivity index (χ4n) is 4.81. The molecule has 0 saturated carbocycles. The number of ether oxygens (including phenoxy) is 2. The number of methoxy groups -OCH3 is 1. The molecule has 0 radical (unpaired) electrons. The molecule has 1 N–H and O–H groups in total. The fraction of sp³-hybridized carbons (Fsp3) is 0.375. The molecule has 166 valence electrons. The van der Waals surface area contributed by atoms with Gasteiger partial charge in [0.05, 0.1) is 23.4 Å². The van der Waals surface area contributed by atoms with Crippen LogP contribution in [0.4, 0.5) is 11.4 Å². The van der Waals surface area contributed by atoms with Crippen LogP contribution in [0.15, 0.2) is 30.3 Å². The number of anilines is 1. The average molecular weight is 434 g/mol. The third-order valence-corrected chi connectivity index (χ3v) is 6.59. The highest BCUT2D eigenvalue weighted by Crippen LogP contribution is 2.48. The van der Waals surface area contributed by atoms with Crippen LogP contribution in [0, 0.1) is 24.0 Å². The van der Waals surface area contributed by atoms with E-state index in [1.807, 2.05) is 32.0 Å². The number of aromatic nitrogens is 2. The van der Waals surface area contributed by atoms with E-state index in [9.17, 15) is 10.1 Å². The zero-order chi connectivity index (χ0) is 22.4. The van der Waals surface area contributed by atoms with E-state index in [0.717, 1.165) is 59.7 Å². The van der Waals surface area contributed by atoms with Crippen LogP contribution < -0.4 is 14.4 Å². The van der Waals surface area contributed by atoms with Crippen molar-refractivity contribution in [3.63, 3.8) is 0 Å². The lowest BCUT2D eigenvalue weighted by Crippen LogP contribution is -2.38. The molecule has 8 nitrogen and oxygen atoms in total. The van der Waals surface area contributed by atoms with Crippen molar-refractivity contribution < 1.29 is 14.4 Å². The second-order valence-corrected chi connectivity index (χ2v) is 8.60. The molecule has 3 aromatic rings. The maximum Gasteiger partial charge on any atom is 0.315 e. The second-order valence-electron chi connectivity index (χ2n) is 8.60. The summed E-state index contributed by atoms with van der Waals surface area (Å²) in [6.45, 7) is 6.20. The molecule has 0 aliphatic carbocycles. The van der Waals surface area contributed by atoms with Gasteiger partial charge in [-0.3, -0.25) is 15.2 Å². The van der Waals surface area contributed by atoms with Gasteiger partial charge in [-0.15, -0.1) is 0 Å². The van der Waals surface area contributed by atoms with Crippen LogP contribution in [0.5, 0.6) is 11.5 Å². The van der Waals surface area contributed by atoms with Crippen LogP contribution in [-0.4, -0.2) is 35.3 Å². The largest absolute Gasteiger partial charge is 0.493 e. The highest BCUT2D eigenvalue weighted by molar-refractivity contribution is 5.82. The van der Waals surface area contributed by atoms with E-state index in [-0.39, 0.29) is 18.0 Å². The lowest BCUT2D eigenvalue weighted by molar-refractivity contribution is -0.386. The Morgan fingerprint density at radius 3 is 2.72 bits per heavy atom. The first-order chi connectivity index (χ1) is 15.5. The number of rotatable bonds is 6. The molecule has 6 rings (SSSR count). The molecule has 1 saturated heterocycles. The molecule has 1 fully saturated rings. The Kier molecular flexibility index (Phi) is 5.00. The number of fused-ring (bicyclic) bond motifs is 2. The maximum absolute atomic E-state index is 12.0. The average Bonchev–Trinajstić information content (AvgIpc) is 3.27. The minimum atomic E-state index is -0.421. The van der Waals surface area contributed by atoms with Gasteiger partial charge in [-0.25, -0.2) is 0 Å². The van der Waals surface area contributed by atoms with Gasteiger partial charge in [0.2, 0.25) is 5.75 Å². The maximum atomic E-state index is 12.0. The third kappa shape index (κ3) is 3.36. The standard InChI is InChI=1S/C24H26N4O4/c1-14-4-5-15(2)18(10-14)13-32-24-19(28(29)30)11-17(12-20(24)31-3)22-23-21(25-26-22)16-6-8-27(23)9-7-16/h4-5,10-12,16H,6-9,13H2,1-3H3,(H,25,26). The predicted molar refractivity (Wildman–Crippen MR) is 122 cm³/mol. The first kappa shape index (κ1) is 20.4. The number of benzene rings is 2. The summed E-state index contributed by atoms with van der Waals surface area (Å²) in [5, 5.41) is 19.7. The number of piperidine rings is 1. The summed E-state index contributed by atoms with van der Waals surface area (Å²) < 4.78 is 11.5. The van der Waals surface area contributed by atoms with Gasteiger partial charge in [0, 0.05) is 30.6 Å². The number of aryl methyl sites for hydroxylation is 2. The molecule has 0 spiro atoms. The molecule has 0 amide bonds. The number of nitrogens with one attached hydrogen (secondary N) is 1. The number of hydrogen-bond donors (Lipinski definition) is 1. The topological polar surface area (TPSA) is 93.5 Å². The van der Waals surface area contributed by atoms with Gasteiger partial charge < -0.3 is 14.4 Å². The van der Waals surface area contributed by atoms with Crippen molar-refractivity contribution in [2.75, 3.05) is 25.1 Å². The molecular weight excluding hydrogens is 408 g/mol. The number of nitro benzene ring substituents is 1. The van der Waals surface area contributed by atoms with E-state index >= 15 is 0 Å². The van der Waals surface area contributed by atoms with Crippen LogP contribution in [0.25, 0.3) is 11.3 Å². The molecule has 2 aromatic carbocycles. The van der Waals surface area contributed by atoms with Gasteiger partial charge in [-0.2, -0.15) is 5.10 Å². The van der Waals surface area contributed by atoms with Gasteiger partial charge >= 0.3 is 5.69 Å². The van der Waals surface area contributed by atoms with Gasteiger partial charge in [-0.05, 0) is 43.9 Å². The molecule has 0 unspecified atom stereocenters. The molecular formula is C24H26N4O4. The second kappa shape index (κ2) is 7.85. The van der Waals surface area contributed by atoms with Crippen molar-refractivity contribution in [1.82, 2.24) is 10.2 Å². The van der Waals surface area contributed by atoms with Crippen LogP contribution in [0.3, 0.4) is 0 Å². The van der Waals surface area contributed by atoms with E-state index in [1.54, 1.807) is 12.1 Å². The summed E-state index contributed by atoms with van der Waals surface area (Å²) in [6.07, 6.45) is 2.23. The highest BCUT2D eigenvalue weighted by Gasteiger charge is 2.36. The summed E-state index contributed by atoms with van der Waals surface area (Å²) in [5.41, 5.74) is 6.61. The van der Waals surface area contributed by atoms with E-state index in [4.69, 9.17) is 9.47 Å². The normalized spacial score (nSPS) is 15.0. The first-order valence-electron chi connectivity index (χ1n) is 10.8. The van der Waals surface area contributed by atoms with Crippen LogP contribution in [0.1, 0.15) is 41.1 Å². The minimum absolute atomic E-state index is 0.127. The van der Waals surface area contributed by atoms with Crippen molar-refractivity contribution in [3.8, 4) is 22.8 Å². The van der Waals surface area contributed by atoms with E-state index in [1.165, 1.54) is 7.11 Å². The van der Waals surface area contributed by atoms with E-state index in [0.29, 0.717) is 17.2 Å². The van der Waals surface area contributed by atoms with Crippen LogP contribution >= 0.6 is 0 Å². The van der Waals surface area contributed by atoms with Crippen LogP contribution in [0.2, 0.25) is 0 Å². The number of nitro groups is 1. The monoisotopic (exact) mass is 434 g/mol. The molecule has 1 aromatic heterocycles. The molecule has 3 aliphatic heterocycles. The molecule has 0 atom stereocenters. The minimum Gasteiger partial charge on any atom is -0.493 e. The molecule has 2 bridgehead atoms. The lowest BCUT2D eigenvalue weighted by Gasteiger charge is -2.40. The summed E-state index contributed by atoms with van der Waals surface area (Å²) in [4.78, 5) is 13.9. The Balaban J connectivity index is 1.55. The molecule has 8 heteroatoms. The number of H-pyrrole nitrogens is 1. The predicted octanol–water partition coefficient (Wildman–Crippen LogP) is 4.89. The number of hydrogen-bond acceptors (Lipinski definition) is 6. The smallest absolute Gasteiger partial charge is 0.315 e. The van der Waals surface area contributed by atoms with Crippen molar-refractivity contribution in [2.24, 2.45) is 0 Å². The van der Waals surface area contributed by atoms with E-state index in [2.05, 4.69) is 15.1 Å². The molecule has 32 heavy (non-hydrogen) atoms. The Labute approximate surface area is 186 Å². The Morgan fingerprint density at radius 2 is 2.00 bits per heavy atom. The number of nitrogens with zero attached hydrogens (tertiary/aromatic N) is 3. The van der Waals surface area contributed by atoms with Gasteiger partial charge in [0.15, 0.2) is 5.75 Å². The van der Waals surface area contributed by atoms with Crippen molar-refractivity contribution in [2.45, 2.75) is 39.2 Å². The number of aromatic amines is 1. The quantitative estimate of drug-likeness (QED) is 0.439. The Hall–Kier alpha value is -3.55. The van der Waals surface area contributed by atoms with E-state index < -0.39 is 4.92 Å². The summed E-state index contributed by atoms with van der Waals surface area (Å²) in [5.74, 6) is 0.939. The zero-order valence-electron chi connectivity index (χ0n) is 18.5. The Bertz CT molecular complexity index is 1190. The summed E-state index contributed by atoms with van der Waals surface area (Å²) >= 11 is 0. The van der Waals surface area contributed by atoms with Gasteiger partial charge in [-0.1, -0.05) is 23.8 Å². The highest BCUT2D eigenvalue weighted by atomic mass is 16.6. The Morgan fingerprint density at radius 1 is 1.22 bits per heavy atom. The van der Waals surface area contributed by atoms with Gasteiger partial charge in [0.1, 0.15) is 12.3 Å². The van der Waals surface area contributed by atoms with Crippen molar-refractivity contribution in [3.05, 3.63) is 62.8 Å². The van der Waals surface area contributed by atoms with Crippen molar-refractivity contribution in [1.29, 1.82) is 0 Å².